The molecule has 0 aliphatic heterocycles. The maximum Gasteiger partial charge on any atom is 0.291 e. The first-order valence-corrected chi connectivity index (χ1v) is 13.2. The molecule has 0 saturated carbocycles. The lowest BCUT2D eigenvalue weighted by Crippen LogP contribution is -2.24. The number of aromatic nitrogens is 1. The van der Waals surface area contributed by atoms with Crippen molar-refractivity contribution in [2.24, 2.45) is 0 Å². The third kappa shape index (κ3) is 5.50. The first-order chi connectivity index (χ1) is 17.6. The molecule has 0 spiro atoms. The van der Waals surface area contributed by atoms with Crippen LogP contribution < -0.4 is 10.6 Å². The van der Waals surface area contributed by atoms with E-state index in [1.54, 1.807) is 18.2 Å². The summed E-state index contributed by atoms with van der Waals surface area (Å²) in [5, 5.41) is 10.3. The van der Waals surface area contributed by atoms with Crippen LogP contribution in [0.15, 0.2) is 99.8 Å². The summed E-state index contributed by atoms with van der Waals surface area (Å²) < 4.78 is 5.14. The number of thioether (sulfide) groups is 1. The lowest BCUT2D eigenvalue weighted by molar-refractivity contribution is -0.115. The van der Waals surface area contributed by atoms with Crippen molar-refractivity contribution in [3.05, 3.63) is 96.3 Å². The van der Waals surface area contributed by atoms with Crippen molar-refractivity contribution < 1.29 is 14.0 Å². The Morgan fingerprint density at radius 3 is 2.64 bits per heavy atom. The summed E-state index contributed by atoms with van der Waals surface area (Å²) in [6, 6.07) is 25.1. The predicted molar refractivity (Wildman–Crippen MR) is 147 cm³/mol. The Hall–Kier alpha value is -3.88. The van der Waals surface area contributed by atoms with Crippen LogP contribution in [0.25, 0.3) is 22.0 Å². The number of benzene rings is 3. The predicted octanol–water partition coefficient (Wildman–Crippen LogP) is 7.32. The summed E-state index contributed by atoms with van der Waals surface area (Å²) in [7, 11) is 0. The van der Waals surface area contributed by atoms with E-state index in [1.165, 1.54) is 34.7 Å². The van der Waals surface area contributed by atoms with Crippen LogP contribution >= 0.6 is 23.1 Å². The van der Waals surface area contributed by atoms with Gasteiger partial charge in [-0.05, 0) is 53.6 Å². The van der Waals surface area contributed by atoms with Gasteiger partial charge in [0.15, 0.2) is 10.9 Å². The molecule has 5 aromatic rings. The Balaban J connectivity index is 1.24. The molecule has 0 aliphatic rings. The molecule has 2 N–H and O–H groups in total. The van der Waals surface area contributed by atoms with Gasteiger partial charge in [0, 0.05) is 21.5 Å². The molecule has 180 valence electrons. The molecule has 2 amide bonds. The zero-order chi connectivity index (χ0) is 24.9. The van der Waals surface area contributed by atoms with Crippen LogP contribution in [0, 0.1) is 0 Å². The minimum Gasteiger partial charge on any atom is -0.459 e. The number of carbonyl (C=O) groups excluding carboxylic acids is 2. The molecular weight excluding hydrogens is 490 g/mol. The van der Waals surface area contributed by atoms with Crippen molar-refractivity contribution in [1.82, 2.24) is 4.98 Å². The van der Waals surface area contributed by atoms with E-state index in [4.69, 9.17) is 4.42 Å². The number of thiazole rings is 1. The SMILES string of the molecule is CCC(Sc1cccc(NC(=O)c2ccco2)c1)C(=O)Nc1nc(-c2ccc3ccccc3c2)cs1. The van der Waals surface area contributed by atoms with E-state index in [0.717, 1.165) is 21.5 Å². The molecule has 1 unspecified atom stereocenters. The maximum absolute atomic E-state index is 13.0. The third-order valence-electron chi connectivity index (χ3n) is 5.56. The van der Waals surface area contributed by atoms with Gasteiger partial charge in [0.2, 0.25) is 5.91 Å². The van der Waals surface area contributed by atoms with Crippen molar-refractivity contribution in [3.63, 3.8) is 0 Å². The van der Waals surface area contributed by atoms with E-state index in [1.807, 2.05) is 48.7 Å². The number of anilines is 2. The topological polar surface area (TPSA) is 84.2 Å². The molecule has 3 aromatic carbocycles. The third-order valence-corrected chi connectivity index (χ3v) is 7.67. The summed E-state index contributed by atoms with van der Waals surface area (Å²) in [5.74, 6) is -0.185. The Morgan fingerprint density at radius 1 is 0.972 bits per heavy atom. The molecule has 2 heterocycles. The highest BCUT2D eigenvalue weighted by Gasteiger charge is 2.20. The van der Waals surface area contributed by atoms with Gasteiger partial charge in [0.25, 0.3) is 5.91 Å². The van der Waals surface area contributed by atoms with E-state index in [2.05, 4.69) is 39.9 Å². The number of amides is 2. The van der Waals surface area contributed by atoms with Gasteiger partial charge in [-0.25, -0.2) is 4.98 Å². The van der Waals surface area contributed by atoms with E-state index in [9.17, 15) is 9.59 Å². The highest BCUT2D eigenvalue weighted by molar-refractivity contribution is 8.00. The Labute approximate surface area is 216 Å². The summed E-state index contributed by atoms with van der Waals surface area (Å²) in [6.45, 7) is 1.97. The molecule has 0 aliphatic carbocycles. The summed E-state index contributed by atoms with van der Waals surface area (Å²) in [6.07, 6.45) is 2.10. The average Bonchev–Trinajstić information content (AvgIpc) is 3.60. The van der Waals surface area contributed by atoms with E-state index in [0.29, 0.717) is 17.2 Å². The summed E-state index contributed by atoms with van der Waals surface area (Å²) in [5.41, 5.74) is 2.48. The first-order valence-electron chi connectivity index (χ1n) is 11.5. The molecule has 36 heavy (non-hydrogen) atoms. The monoisotopic (exact) mass is 513 g/mol. The molecule has 0 bridgehead atoms. The fourth-order valence-electron chi connectivity index (χ4n) is 3.73. The lowest BCUT2D eigenvalue weighted by atomic mass is 10.1. The molecule has 0 fully saturated rings. The smallest absolute Gasteiger partial charge is 0.291 e. The molecule has 6 nitrogen and oxygen atoms in total. The number of hydrogen-bond donors (Lipinski definition) is 2. The van der Waals surface area contributed by atoms with Gasteiger partial charge in [-0.15, -0.1) is 23.1 Å². The second-order valence-corrected chi connectivity index (χ2v) is 10.2. The maximum atomic E-state index is 13.0. The Morgan fingerprint density at radius 2 is 1.83 bits per heavy atom. The van der Waals surface area contributed by atoms with Crippen LogP contribution in [0.2, 0.25) is 0 Å². The van der Waals surface area contributed by atoms with Crippen molar-refractivity contribution >= 4 is 56.5 Å². The number of fused-ring (bicyclic) bond motifs is 1. The highest BCUT2D eigenvalue weighted by Crippen LogP contribution is 2.31. The van der Waals surface area contributed by atoms with Crippen LogP contribution in [-0.2, 0) is 4.79 Å². The molecule has 0 radical (unpaired) electrons. The van der Waals surface area contributed by atoms with Gasteiger partial charge in [-0.3, -0.25) is 9.59 Å². The molecular formula is C28H23N3O3S2. The van der Waals surface area contributed by atoms with Gasteiger partial charge in [-0.1, -0.05) is 49.4 Å². The van der Waals surface area contributed by atoms with Crippen LogP contribution in [-0.4, -0.2) is 22.0 Å². The Bertz CT molecular complexity index is 1510. The quantitative estimate of drug-likeness (QED) is 0.212. The number of hydrogen-bond acceptors (Lipinski definition) is 6. The largest absolute Gasteiger partial charge is 0.459 e. The van der Waals surface area contributed by atoms with Gasteiger partial charge in [0.05, 0.1) is 17.2 Å². The molecule has 0 saturated heterocycles. The standard InChI is InChI=1S/C28H23N3O3S2/c1-2-25(36-22-10-5-9-21(16-22)29-26(32)24-11-6-14-34-24)27(33)31-28-30-23(17-35-28)20-13-12-18-7-3-4-8-19(18)15-20/h3-17,25H,2H2,1H3,(H,29,32)(H,30,31,33). The zero-order valence-corrected chi connectivity index (χ0v) is 21.1. The van der Waals surface area contributed by atoms with Gasteiger partial charge < -0.3 is 15.1 Å². The van der Waals surface area contributed by atoms with Crippen molar-refractivity contribution in [3.8, 4) is 11.3 Å². The average molecular weight is 514 g/mol. The second-order valence-electron chi connectivity index (χ2n) is 8.06. The van der Waals surface area contributed by atoms with Crippen molar-refractivity contribution in [2.75, 3.05) is 10.6 Å². The second kappa shape index (κ2) is 10.8. The minimum absolute atomic E-state index is 0.105. The molecule has 5 rings (SSSR count). The van der Waals surface area contributed by atoms with Gasteiger partial charge in [0.1, 0.15) is 0 Å². The summed E-state index contributed by atoms with van der Waals surface area (Å²) >= 11 is 2.86. The molecule has 8 heteroatoms. The van der Waals surface area contributed by atoms with E-state index >= 15 is 0 Å². The van der Waals surface area contributed by atoms with E-state index in [-0.39, 0.29) is 22.8 Å². The van der Waals surface area contributed by atoms with Crippen LogP contribution in [0.5, 0.6) is 0 Å². The first kappa shape index (κ1) is 23.8. The zero-order valence-electron chi connectivity index (χ0n) is 19.4. The minimum atomic E-state index is -0.321. The van der Waals surface area contributed by atoms with Crippen LogP contribution in [0.4, 0.5) is 10.8 Å². The normalized spacial score (nSPS) is 11.8. The summed E-state index contributed by atoms with van der Waals surface area (Å²) in [4.78, 5) is 30.8. The molecule has 2 aromatic heterocycles. The van der Waals surface area contributed by atoms with Crippen molar-refractivity contribution in [2.45, 2.75) is 23.5 Å². The number of carbonyl (C=O) groups is 2. The fourth-order valence-corrected chi connectivity index (χ4v) is 5.47. The lowest BCUT2D eigenvalue weighted by Gasteiger charge is -2.14. The van der Waals surface area contributed by atoms with Crippen LogP contribution in [0.3, 0.4) is 0 Å². The van der Waals surface area contributed by atoms with Gasteiger partial charge in [-0.2, -0.15) is 0 Å². The number of nitrogens with zero attached hydrogens (tertiary/aromatic N) is 1. The number of furan rings is 1. The Kier molecular flexibility index (Phi) is 7.16. The fraction of sp³-hybridized carbons (Fsp3) is 0.107. The van der Waals surface area contributed by atoms with Crippen molar-refractivity contribution in [1.29, 1.82) is 0 Å². The van der Waals surface area contributed by atoms with Gasteiger partial charge >= 0.3 is 0 Å². The number of nitrogens with one attached hydrogen (secondary N) is 2. The molecule has 1 atom stereocenters. The van der Waals surface area contributed by atoms with Crippen LogP contribution in [0.1, 0.15) is 23.9 Å². The van der Waals surface area contributed by atoms with E-state index < -0.39 is 0 Å². The highest BCUT2D eigenvalue weighted by atomic mass is 32.2. The number of rotatable bonds is 8.